The predicted octanol–water partition coefficient (Wildman–Crippen LogP) is 4.23. The molecule has 0 aliphatic heterocycles. The summed E-state index contributed by atoms with van der Waals surface area (Å²) < 4.78 is 21.7. The van der Waals surface area contributed by atoms with E-state index in [1.54, 1.807) is 43.6 Å². The van der Waals surface area contributed by atoms with E-state index >= 15 is 0 Å². The minimum absolute atomic E-state index is 0.192. The minimum Gasteiger partial charge on any atom is -0.494 e. The van der Waals surface area contributed by atoms with Gasteiger partial charge in [0.05, 0.1) is 13.2 Å². The molecule has 3 aromatic rings. The van der Waals surface area contributed by atoms with Crippen LogP contribution in [-0.4, -0.2) is 37.8 Å². The fraction of sp³-hybridized carbons (Fsp3) is 0.250. The second-order valence-corrected chi connectivity index (χ2v) is 6.56. The Morgan fingerprint density at radius 1 is 0.935 bits per heavy atom. The van der Waals surface area contributed by atoms with Crippen LogP contribution in [0.5, 0.6) is 23.1 Å². The standard InChI is InChI=1S/C24H26N2O5/c1-3-29-20-7-9-21(10-8-20)31-23-15-18(11-12-25-23)17-26-24(27)19-5-4-6-22(16-19)30-14-13-28-2/h4-12,15-16H,3,13-14,17H2,1-2H3,(H,26,27). The molecule has 2 aromatic carbocycles. The Morgan fingerprint density at radius 2 is 1.74 bits per heavy atom. The number of hydrogen-bond acceptors (Lipinski definition) is 6. The number of nitrogens with one attached hydrogen (secondary N) is 1. The van der Waals surface area contributed by atoms with Crippen LogP contribution in [0.4, 0.5) is 0 Å². The van der Waals surface area contributed by atoms with Crippen LogP contribution in [0, 0.1) is 0 Å². The van der Waals surface area contributed by atoms with Crippen molar-refractivity contribution in [3.63, 3.8) is 0 Å². The molecule has 0 atom stereocenters. The fourth-order valence-corrected chi connectivity index (χ4v) is 2.76. The molecule has 0 aliphatic rings. The highest BCUT2D eigenvalue weighted by Gasteiger charge is 2.08. The molecule has 0 fully saturated rings. The van der Waals surface area contributed by atoms with Gasteiger partial charge in [-0.1, -0.05) is 6.07 Å². The summed E-state index contributed by atoms with van der Waals surface area (Å²) in [4.78, 5) is 16.7. The molecule has 31 heavy (non-hydrogen) atoms. The van der Waals surface area contributed by atoms with Gasteiger partial charge in [0.2, 0.25) is 5.88 Å². The predicted molar refractivity (Wildman–Crippen MR) is 117 cm³/mol. The first kappa shape index (κ1) is 22.1. The fourth-order valence-electron chi connectivity index (χ4n) is 2.76. The van der Waals surface area contributed by atoms with E-state index in [-0.39, 0.29) is 5.91 Å². The molecule has 1 aromatic heterocycles. The molecule has 0 bridgehead atoms. The van der Waals surface area contributed by atoms with Gasteiger partial charge >= 0.3 is 0 Å². The van der Waals surface area contributed by atoms with Gasteiger partial charge in [0.15, 0.2) is 0 Å². The van der Waals surface area contributed by atoms with Crippen molar-refractivity contribution < 1.29 is 23.7 Å². The third-order valence-corrected chi connectivity index (χ3v) is 4.26. The number of methoxy groups -OCH3 is 1. The molecule has 1 heterocycles. The lowest BCUT2D eigenvalue weighted by atomic mass is 10.2. The van der Waals surface area contributed by atoms with Gasteiger partial charge < -0.3 is 24.3 Å². The summed E-state index contributed by atoms with van der Waals surface area (Å²) in [6.45, 7) is 3.80. The van der Waals surface area contributed by atoms with Crippen molar-refractivity contribution >= 4 is 5.91 Å². The highest BCUT2D eigenvalue weighted by atomic mass is 16.5. The topological polar surface area (TPSA) is 78.9 Å². The van der Waals surface area contributed by atoms with Crippen LogP contribution in [0.25, 0.3) is 0 Å². The maximum absolute atomic E-state index is 12.5. The minimum atomic E-state index is -0.192. The largest absolute Gasteiger partial charge is 0.494 e. The zero-order chi connectivity index (χ0) is 21.9. The van der Waals surface area contributed by atoms with Gasteiger partial charge in [0.25, 0.3) is 5.91 Å². The van der Waals surface area contributed by atoms with E-state index in [1.807, 2.05) is 37.3 Å². The Morgan fingerprint density at radius 3 is 2.52 bits per heavy atom. The maximum atomic E-state index is 12.5. The molecule has 0 aliphatic carbocycles. The Bertz CT molecular complexity index is 976. The molecule has 0 unspecified atom stereocenters. The molecule has 0 saturated heterocycles. The van der Waals surface area contributed by atoms with Crippen molar-refractivity contribution in [2.24, 2.45) is 0 Å². The summed E-state index contributed by atoms with van der Waals surface area (Å²) in [6, 6.07) is 18.0. The Labute approximate surface area is 181 Å². The highest BCUT2D eigenvalue weighted by Crippen LogP contribution is 2.23. The number of pyridine rings is 1. The maximum Gasteiger partial charge on any atom is 0.251 e. The van der Waals surface area contributed by atoms with Crippen molar-refractivity contribution in [3.8, 4) is 23.1 Å². The Balaban J connectivity index is 1.56. The van der Waals surface area contributed by atoms with Crippen LogP contribution in [0.1, 0.15) is 22.8 Å². The summed E-state index contributed by atoms with van der Waals surface area (Å²) in [6.07, 6.45) is 1.65. The third-order valence-electron chi connectivity index (χ3n) is 4.26. The normalized spacial score (nSPS) is 10.4. The number of nitrogens with zero attached hydrogens (tertiary/aromatic N) is 1. The van der Waals surface area contributed by atoms with E-state index in [4.69, 9.17) is 18.9 Å². The second kappa shape index (κ2) is 11.6. The lowest BCUT2D eigenvalue weighted by Gasteiger charge is -2.10. The van der Waals surface area contributed by atoms with Gasteiger partial charge in [0, 0.05) is 31.5 Å². The zero-order valence-electron chi connectivity index (χ0n) is 17.7. The van der Waals surface area contributed by atoms with Gasteiger partial charge in [0.1, 0.15) is 23.9 Å². The molecule has 0 saturated carbocycles. The number of rotatable bonds is 11. The zero-order valence-corrected chi connectivity index (χ0v) is 17.7. The summed E-state index contributed by atoms with van der Waals surface area (Å²) in [5.74, 6) is 2.32. The molecule has 7 nitrogen and oxygen atoms in total. The summed E-state index contributed by atoms with van der Waals surface area (Å²) in [7, 11) is 1.61. The van der Waals surface area contributed by atoms with Gasteiger partial charge in [-0.05, 0) is 61.0 Å². The molecule has 3 rings (SSSR count). The molecule has 1 amide bonds. The smallest absolute Gasteiger partial charge is 0.251 e. The number of ether oxygens (including phenoxy) is 4. The quantitative estimate of drug-likeness (QED) is 0.466. The lowest BCUT2D eigenvalue weighted by Crippen LogP contribution is -2.22. The SMILES string of the molecule is CCOc1ccc(Oc2cc(CNC(=O)c3cccc(OCCOC)c3)ccn2)cc1. The molecule has 162 valence electrons. The van der Waals surface area contributed by atoms with Crippen molar-refractivity contribution in [2.45, 2.75) is 13.5 Å². The molecule has 7 heteroatoms. The Hall–Kier alpha value is -3.58. The van der Waals surface area contributed by atoms with E-state index < -0.39 is 0 Å². The van der Waals surface area contributed by atoms with Crippen LogP contribution >= 0.6 is 0 Å². The average Bonchev–Trinajstić information content (AvgIpc) is 2.80. The van der Waals surface area contributed by atoms with Crippen molar-refractivity contribution in [3.05, 3.63) is 78.0 Å². The van der Waals surface area contributed by atoms with Crippen LogP contribution in [-0.2, 0) is 11.3 Å². The van der Waals surface area contributed by atoms with Gasteiger partial charge in [-0.15, -0.1) is 0 Å². The van der Waals surface area contributed by atoms with Crippen molar-refractivity contribution in [1.29, 1.82) is 0 Å². The highest BCUT2D eigenvalue weighted by molar-refractivity contribution is 5.94. The molecule has 0 radical (unpaired) electrons. The van der Waals surface area contributed by atoms with Crippen LogP contribution < -0.4 is 19.5 Å². The number of benzene rings is 2. The third kappa shape index (κ3) is 7.01. The van der Waals surface area contributed by atoms with E-state index in [2.05, 4.69) is 10.3 Å². The number of hydrogen-bond donors (Lipinski definition) is 1. The summed E-state index contributed by atoms with van der Waals surface area (Å²) >= 11 is 0. The van der Waals surface area contributed by atoms with E-state index in [0.29, 0.717) is 49.3 Å². The molecule has 1 N–H and O–H groups in total. The first-order valence-corrected chi connectivity index (χ1v) is 10.0. The first-order valence-electron chi connectivity index (χ1n) is 10.0. The molecular formula is C24H26N2O5. The van der Waals surface area contributed by atoms with Crippen LogP contribution in [0.15, 0.2) is 66.9 Å². The van der Waals surface area contributed by atoms with Crippen LogP contribution in [0.3, 0.4) is 0 Å². The molecule has 0 spiro atoms. The van der Waals surface area contributed by atoms with Crippen LogP contribution in [0.2, 0.25) is 0 Å². The number of carbonyl (C=O) groups excluding carboxylic acids is 1. The second-order valence-electron chi connectivity index (χ2n) is 6.56. The average molecular weight is 422 g/mol. The van der Waals surface area contributed by atoms with Crippen molar-refractivity contribution in [1.82, 2.24) is 10.3 Å². The number of carbonyl (C=O) groups is 1. The summed E-state index contributed by atoms with van der Waals surface area (Å²) in [5.41, 5.74) is 1.40. The lowest BCUT2D eigenvalue weighted by molar-refractivity contribution is 0.0950. The van der Waals surface area contributed by atoms with Crippen molar-refractivity contribution in [2.75, 3.05) is 26.9 Å². The monoisotopic (exact) mass is 422 g/mol. The molecular weight excluding hydrogens is 396 g/mol. The van der Waals surface area contributed by atoms with Gasteiger partial charge in [-0.25, -0.2) is 4.98 Å². The van der Waals surface area contributed by atoms with Gasteiger partial charge in [-0.2, -0.15) is 0 Å². The Kier molecular flexibility index (Phi) is 8.25. The van der Waals surface area contributed by atoms with E-state index in [9.17, 15) is 4.79 Å². The first-order chi connectivity index (χ1) is 15.2. The number of aromatic nitrogens is 1. The number of amides is 1. The van der Waals surface area contributed by atoms with Gasteiger partial charge in [-0.3, -0.25) is 4.79 Å². The van der Waals surface area contributed by atoms with E-state index in [1.165, 1.54) is 0 Å². The van der Waals surface area contributed by atoms with E-state index in [0.717, 1.165) is 11.3 Å². The summed E-state index contributed by atoms with van der Waals surface area (Å²) in [5, 5.41) is 2.90.